The van der Waals surface area contributed by atoms with Crippen LogP contribution < -0.4 is 5.32 Å². The smallest absolute Gasteiger partial charge is 0.222 e. The van der Waals surface area contributed by atoms with Crippen LogP contribution in [0.3, 0.4) is 0 Å². The van der Waals surface area contributed by atoms with Gasteiger partial charge in [-0.3, -0.25) is 0 Å². The third-order valence-corrected chi connectivity index (χ3v) is 6.48. The number of halogens is 1. The van der Waals surface area contributed by atoms with Gasteiger partial charge in [-0.05, 0) is 89.9 Å². The number of hydrogen-bond donors (Lipinski definition) is 1. The zero-order valence-corrected chi connectivity index (χ0v) is 19.7. The van der Waals surface area contributed by atoms with Crippen LogP contribution in [0.5, 0.6) is 0 Å². The first-order chi connectivity index (χ1) is 15.2. The molecular weight excluding hydrogens is 403 g/mol. The third kappa shape index (κ3) is 4.39. The van der Waals surface area contributed by atoms with Gasteiger partial charge in [0.15, 0.2) is 5.82 Å². The number of hydrogen-bond acceptors (Lipinski definition) is 5. The summed E-state index contributed by atoms with van der Waals surface area (Å²) in [6.45, 7) is 15.4. The van der Waals surface area contributed by atoms with E-state index in [4.69, 9.17) is 0 Å². The predicted molar refractivity (Wildman–Crippen MR) is 128 cm³/mol. The summed E-state index contributed by atoms with van der Waals surface area (Å²) in [5, 5.41) is 3.39. The average Bonchev–Trinajstić information content (AvgIpc) is 3.09. The lowest BCUT2D eigenvalue weighted by Crippen LogP contribution is -2.33. The van der Waals surface area contributed by atoms with Crippen LogP contribution in [0.25, 0.3) is 16.6 Å². The molecule has 6 nitrogen and oxygen atoms in total. The lowest BCUT2D eigenvalue weighted by molar-refractivity contribution is 0.226. The first kappa shape index (κ1) is 22.4. The molecule has 1 aliphatic rings. The number of fused-ring (bicyclic) bond motifs is 1. The minimum absolute atomic E-state index is 0.183. The van der Waals surface area contributed by atoms with E-state index >= 15 is 0 Å². The molecule has 32 heavy (non-hydrogen) atoms. The van der Waals surface area contributed by atoms with Gasteiger partial charge in [0, 0.05) is 24.3 Å². The molecule has 0 atom stereocenters. The summed E-state index contributed by atoms with van der Waals surface area (Å²) in [4.78, 5) is 16.0. The topological polar surface area (TPSA) is 58.9 Å². The molecule has 1 saturated heterocycles. The van der Waals surface area contributed by atoms with Gasteiger partial charge in [0.25, 0.3) is 0 Å². The van der Waals surface area contributed by atoms with Crippen molar-refractivity contribution in [3.63, 3.8) is 0 Å². The van der Waals surface area contributed by atoms with Gasteiger partial charge in [-0.15, -0.1) is 0 Å². The first-order valence-corrected chi connectivity index (χ1v) is 11.4. The molecule has 0 amide bonds. The van der Waals surface area contributed by atoms with Gasteiger partial charge in [-0.2, -0.15) is 0 Å². The summed E-state index contributed by atoms with van der Waals surface area (Å²) >= 11 is 0. The Balaban J connectivity index is 1.55. The van der Waals surface area contributed by atoms with E-state index in [0.717, 1.165) is 47.8 Å². The molecule has 2 aromatic heterocycles. The highest BCUT2D eigenvalue weighted by Crippen LogP contribution is 2.30. The van der Waals surface area contributed by atoms with Gasteiger partial charge in [0.2, 0.25) is 5.95 Å². The van der Waals surface area contributed by atoms with E-state index in [1.807, 2.05) is 19.9 Å². The van der Waals surface area contributed by atoms with Crippen molar-refractivity contribution >= 4 is 22.6 Å². The zero-order valence-electron chi connectivity index (χ0n) is 19.7. The summed E-state index contributed by atoms with van der Waals surface area (Å²) in [5.74, 6) is 1.74. The first-order valence-electron chi connectivity index (χ1n) is 11.4. The fraction of sp³-hybridized carbons (Fsp3) is 0.480. The molecule has 0 unspecified atom stereocenters. The Bertz CT molecular complexity index is 1140. The number of benzene rings is 1. The molecule has 0 saturated carbocycles. The van der Waals surface area contributed by atoms with Gasteiger partial charge in [0.1, 0.15) is 11.3 Å². The number of nitrogens with one attached hydrogen (secondary N) is 1. The van der Waals surface area contributed by atoms with Crippen LogP contribution in [0, 0.1) is 25.6 Å². The van der Waals surface area contributed by atoms with Crippen LogP contribution in [0.15, 0.2) is 24.9 Å². The molecule has 0 aliphatic carbocycles. The molecule has 0 radical (unpaired) electrons. The molecule has 7 heteroatoms. The van der Waals surface area contributed by atoms with Crippen LogP contribution in [-0.4, -0.2) is 51.1 Å². The molecule has 1 N–H and O–H groups in total. The molecule has 4 rings (SSSR count). The maximum Gasteiger partial charge on any atom is 0.222 e. The Kier molecular flexibility index (Phi) is 6.29. The Labute approximate surface area is 189 Å². The van der Waals surface area contributed by atoms with E-state index in [2.05, 4.69) is 57.2 Å². The standard InChI is InChI=1S/C25H33FN6/c1-15(2)32-18(5)30-24-22(26)11-20(12-23(24)32)16(3)21-14-28-25(29-17(21)4)27-13-19-7-9-31(6)10-8-19/h11-12,14-15,19H,3,7-10,13H2,1-2,4-6H3,(H,27,28,29). The largest absolute Gasteiger partial charge is 0.354 e. The molecule has 0 spiro atoms. The SMILES string of the molecule is C=C(c1cc(F)c2nc(C)n(C(C)C)c2c1)c1cnc(NCC2CCN(C)CC2)nc1C. The van der Waals surface area contributed by atoms with Crippen molar-refractivity contribution in [1.82, 2.24) is 24.4 Å². The van der Waals surface area contributed by atoms with Crippen molar-refractivity contribution in [1.29, 1.82) is 0 Å². The van der Waals surface area contributed by atoms with Crippen molar-refractivity contribution < 1.29 is 4.39 Å². The molecular formula is C25H33FN6. The van der Waals surface area contributed by atoms with Crippen molar-refractivity contribution in [2.24, 2.45) is 5.92 Å². The van der Waals surface area contributed by atoms with Crippen LogP contribution in [0.4, 0.5) is 10.3 Å². The number of nitrogens with zero attached hydrogens (tertiary/aromatic N) is 5. The normalized spacial score (nSPS) is 15.6. The monoisotopic (exact) mass is 436 g/mol. The maximum atomic E-state index is 14.9. The molecule has 1 aromatic carbocycles. The Morgan fingerprint density at radius 3 is 2.59 bits per heavy atom. The van der Waals surface area contributed by atoms with Crippen molar-refractivity contribution in [2.75, 3.05) is 32.0 Å². The highest BCUT2D eigenvalue weighted by Gasteiger charge is 2.19. The second kappa shape index (κ2) is 8.98. The van der Waals surface area contributed by atoms with Gasteiger partial charge in [-0.25, -0.2) is 19.3 Å². The average molecular weight is 437 g/mol. The number of rotatable bonds is 6. The van der Waals surface area contributed by atoms with Crippen molar-refractivity contribution in [2.45, 2.75) is 46.6 Å². The number of imidazole rings is 1. The Morgan fingerprint density at radius 2 is 1.94 bits per heavy atom. The summed E-state index contributed by atoms with van der Waals surface area (Å²) in [7, 11) is 2.17. The van der Waals surface area contributed by atoms with E-state index in [1.165, 1.54) is 18.9 Å². The third-order valence-electron chi connectivity index (χ3n) is 6.48. The Morgan fingerprint density at radius 1 is 1.22 bits per heavy atom. The summed E-state index contributed by atoms with van der Waals surface area (Å²) in [6, 6.07) is 3.66. The number of piperidine rings is 1. The molecule has 170 valence electrons. The number of aromatic nitrogens is 4. The highest BCUT2D eigenvalue weighted by molar-refractivity contribution is 5.86. The number of anilines is 1. The van der Waals surface area contributed by atoms with Gasteiger partial charge in [0.05, 0.1) is 11.2 Å². The molecule has 1 aliphatic heterocycles. The minimum atomic E-state index is -0.337. The van der Waals surface area contributed by atoms with Crippen LogP contribution in [0.2, 0.25) is 0 Å². The van der Waals surface area contributed by atoms with Gasteiger partial charge in [-0.1, -0.05) is 6.58 Å². The van der Waals surface area contributed by atoms with Crippen molar-refractivity contribution in [3.05, 3.63) is 53.4 Å². The molecule has 1 fully saturated rings. The fourth-order valence-corrected chi connectivity index (χ4v) is 4.60. The van der Waals surface area contributed by atoms with Crippen molar-refractivity contribution in [3.8, 4) is 0 Å². The van der Waals surface area contributed by atoms with Gasteiger partial charge < -0.3 is 14.8 Å². The Hall–Kier alpha value is -2.80. The zero-order chi connectivity index (χ0) is 23.0. The fourth-order valence-electron chi connectivity index (χ4n) is 4.60. The van der Waals surface area contributed by atoms with Gasteiger partial charge >= 0.3 is 0 Å². The lowest BCUT2D eigenvalue weighted by atomic mass is 9.97. The summed E-state index contributed by atoms with van der Waals surface area (Å²) < 4.78 is 16.9. The number of likely N-dealkylation sites (tertiary alicyclic amines) is 1. The second-order valence-corrected chi connectivity index (χ2v) is 9.25. The predicted octanol–water partition coefficient (Wildman–Crippen LogP) is 4.98. The van der Waals surface area contributed by atoms with E-state index in [9.17, 15) is 4.39 Å². The minimum Gasteiger partial charge on any atom is -0.354 e. The van der Waals surface area contributed by atoms with E-state index in [0.29, 0.717) is 23.0 Å². The summed E-state index contributed by atoms with van der Waals surface area (Å²) in [6.07, 6.45) is 4.17. The summed E-state index contributed by atoms with van der Waals surface area (Å²) in [5.41, 5.74) is 4.25. The molecule has 3 aromatic rings. The lowest BCUT2D eigenvalue weighted by Gasteiger charge is -2.28. The second-order valence-electron chi connectivity index (χ2n) is 9.25. The van der Waals surface area contributed by atoms with E-state index < -0.39 is 0 Å². The van der Waals surface area contributed by atoms with E-state index in [-0.39, 0.29) is 11.9 Å². The number of aryl methyl sites for hydroxylation is 2. The van der Waals surface area contributed by atoms with E-state index in [1.54, 1.807) is 6.20 Å². The quantitative estimate of drug-likeness (QED) is 0.591. The molecule has 0 bridgehead atoms. The van der Waals surface area contributed by atoms with Crippen LogP contribution >= 0.6 is 0 Å². The highest BCUT2D eigenvalue weighted by atomic mass is 19.1. The molecule has 3 heterocycles. The van der Waals surface area contributed by atoms with Crippen LogP contribution in [0.1, 0.15) is 55.4 Å². The van der Waals surface area contributed by atoms with Crippen LogP contribution in [-0.2, 0) is 0 Å². The maximum absolute atomic E-state index is 14.9.